The quantitative estimate of drug-likeness (QED) is 0.411. The lowest BCUT2D eigenvalue weighted by molar-refractivity contribution is 0.0985. The molecule has 0 N–H and O–H groups in total. The van der Waals surface area contributed by atoms with Gasteiger partial charge in [0.25, 0.3) is 5.91 Å². The Kier molecular flexibility index (Phi) is 5.06. The molecule has 0 atom stereocenters. The highest BCUT2D eigenvalue weighted by Crippen LogP contribution is 2.40. The number of hydrogen-bond acceptors (Lipinski definition) is 6. The summed E-state index contributed by atoms with van der Waals surface area (Å²) in [5, 5.41) is 0.623. The molecule has 1 aliphatic heterocycles. The van der Waals surface area contributed by atoms with Crippen molar-refractivity contribution in [3.05, 3.63) is 77.6 Å². The number of rotatable bonds is 4. The molecule has 1 aliphatic rings. The number of pyridine rings is 1. The van der Waals surface area contributed by atoms with Crippen molar-refractivity contribution in [1.82, 2.24) is 9.97 Å². The predicted molar refractivity (Wildman–Crippen MR) is 126 cm³/mol. The Morgan fingerprint density at radius 2 is 1.84 bits per heavy atom. The van der Waals surface area contributed by atoms with Crippen LogP contribution in [-0.2, 0) is 12.0 Å². The summed E-state index contributed by atoms with van der Waals surface area (Å²) in [4.78, 5) is 24.3. The average Bonchev–Trinajstić information content (AvgIpc) is 3.41. The molecule has 0 aliphatic carbocycles. The fraction of sp³-hybridized carbons (Fsp3) is 0.240. The number of benzene rings is 2. The standard InChI is InChI=1S/C25H23N3O3S/c1-25(2,3)18-8-6-17(7-9-18)23(29)28(14-16-5-4-10-26-13-16)24-27-19-11-20-21(31-15-30-20)12-22(19)32-24/h4-13H,14-15H2,1-3H3. The van der Waals surface area contributed by atoms with Crippen molar-refractivity contribution in [2.75, 3.05) is 11.7 Å². The van der Waals surface area contributed by atoms with E-state index in [1.54, 1.807) is 17.3 Å². The van der Waals surface area contributed by atoms with Gasteiger partial charge in [0.2, 0.25) is 6.79 Å². The molecule has 2 aromatic heterocycles. The second kappa shape index (κ2) is 7.91. The van der Waals surface area contributed by atoms with Crippen LogP contribution < -0.4 is 14.4 Å². The lowest BCUT2D eigenvalue weighted by Crippen LogP contribution is -2.30. The molecule has 0 radical (unpaired) electrons. The van der Waals surface area contributed by atoms with Crippen molar-refractivity contribution >= 4 is 32.6 Å². The fourth-order valence-corrected chi connectivity index (χ4v) is 4.56. The molecule has 0 saturated carbocycles. The summed E-state index contributed by atoms with van der Waals surface area (Å²) in [7, 11) is 0. The minimum absolute atomic E-state index is 0.0224. The van der Waals surface area contributed by atoms with Crippen LogP contribution in [0.1, 0.15) is 42.3 Å². The van der Waals surface area contributed by atoms with Crippen LogP contribution in [0.15, 0.2) is 60.9 Å². The molecule has 5 rings (SSSR count). The number of aromatic nitrogens is 2. The van der Waals surface area contributed by atoms with Gasteiger partial charge in [-0.15, -0.1) is 0 Å². The highest BCUT2D eigenvalue weighted by Gasteiger charge is 2.24. The maximum atomic E-state index is 13.6. The first-order chi connectivity index (χ1) is 15.4. The molecule has 7 heteroatoms. The average molecular weight is 446 g/mol. The fourth-order valence-electron chi connectivity index (χ4n) is 3.59. The van der Waals surface area contributed by atoms with Gasteiger partial charge in [-0.25, -0.2) is 4.98 Å². The molecule has 2 aromatic carbocycles. The Bertz CT molecular complexity index is 1240. The molecule has 0 unspecified atom stereocenters. The third-order valence-corrected chi connectivity index (χ3v) is 6.45. The lowest BCUT2D eigenvalue weighted by Gasteiger charge is -2.22. The summed E-state index contributed by atoms with van der Waals surface area (Å²) in [6.07, 6.45) is 3.49. The summed E-state index contributed by atoms with van der Waals surface area (Å²) in [5.74, 6) is 1.28. The van der Waals surface area contributed by atoms with E-state index in [9.17, 15) is 4.79 Å². The van der Waals surface area contributed by atoms with Crippen LogP contribution in [0.5, 0.6) is 11.5 Å². The van der Waals surface area contributed by atoms with Gasteiger partial charge in [-0.2, -0.15) is 0 Å². The van der Waals surface area contributed by atoms with Crippen molar-refractivity contribution in [3.8, 4) is 11.5 Å². The van der Waals surface area contributed by atoms with Crippen molar-refractivity contribution in [3.63, 3.8) is 0 Å². The Hall–Kier alpha value is -3.45. The van der Waals surface area contributed by atoms with E-state index in [1.165, 1.54) is 16.9 Å². The number of nitrogens with zero attached hydrogens (tertiary/aromatic N) is 3. The van der Waals surface area contributed by atoms with E-state index in [1.807, 2.05) is 48.5 Å². The maximum absolute atomic E-state index is 13.6. The summed E-state index contributed by atoms with van der Waals surface area (Å²) in [6, 6.07) is 15.4. The molecule has 32 heavy (non-hydrogen) atoms. The monoisotopic (exact) mass is 445 g/mol. The van der Waals surface area contributed by atoms with Gasteiger partial charge in [0.15, 0.2) is 16.6 Å². The minimum atomic E-state index is -0.103. The summed E-state index contributed by atoms with van der Waals surface area (Å²) in [5.41, 5.74) is 3.54. The molecule has 4 aromatic rings. The van der Waals surface area contributed by atoms with E-state index < -0.39 is 0 Å². The van der Waals surface area contributed by atoms with E-state index >= 15 is 0 Å². The van der Waals surface area contributed by atoms with Crippen LogP contribution in [0.4, 0.5) is 5.13 Å². The van der Waals surface area contributed by atoms with Gasteiger partial charge in [-0.3, -0.25) is 14.7 Å². The van der Waals surface area contributed by atoms with Gasteiger partial charge in [0.1, 0.15) is 0 Å². The molecule has 0 spiro atoms. The zero-order chi connectivity index (χ0) is 22.3. The number of carbonyl (C=O) groups excluding carboxylic acids is 1. The highest BCUT2D eigenvalue weighted by atomic mass is 32.1. The van der Waals surface area contributed by atoms with E-state index in [4.69, 9.17) is 14.5 Å². The van der Waals surface area contributed by atoms with Crippen LogP contribution in [0.25, 0.3) is 10.2 Å². The Morgan fingerprint density at radius 3 is 2.53 bits per heavy atom. The Morgan fingerprint density at radius 1 is 1.09 bits per heavy atom. The Labute approximate surface area is 190 Å². The highest BCUT2D eigenvalue weighted by molar-refractivity contribution is 7.22. The van der Waals surface area contributed by atoms with Crippen molar-refractivity contribution in [1.29, 1.82) is 0 Å². The van der Waals surface area contributed by atoms with E-state index in [0.717, 1.165) is 15.8 Å². The van der Waals surface area contributed by atoms with Crippen LogP contribution in [-0.4, -0.2) is 22.7 Å². The van der Waals surface area contributed by atoms with Crippen molar-refractivity contribution in [2.24, 2.45) is 0 Å². The van der Waals surface area contributed by atoms with Gasteiger partial charge < -0.3 is 9.47 Å². The number of ether oxygens (including phenoxy) is 2. The van der Waals surface area contributed by atoms with E-state index in [-0.39, 0.29) is 18.1 Å². The number of thiazole rings is 1. The topological polar surface area (TPSA) is 64.6 Å². The predicted octanol–water partition coefficient (Wildman–Crippen LogP) is 5.56. The molecule has 3 heterocycles. The normalized spacial score (nSPS) is 12.8. The molecule has 1 amide bonds. The van der Waals surface area contributed by atoms with Crippen molar-refractivity contribution < 1.29 is 14.3 Å². The van der Waals surface area contributed by atoms with Crippen LogP contribution in [0.3, 0.4) is 0 Å². The molecule has 0 fully saturated rings. The first kappa shape index (κ1) is 20.5. The molecular weight excluding hydrogens is 422 g/mol. The smallest absolute Gasteiger partial charge is 0.260 e. The number of anilines is 1. The molecular formula is C25H23N3O3S. The minimum Gasteiger partial charge on any atom is -0.454 e. The second-order valence-corrected chi connectivity index (χ2v) is 9.76. The zero-order valence-corrected chi connectivity index (χ0v) is 19.0. The van der Waals surface area contributed by atoms with Gasteiger partial charge in [-0.05, 0) is 34.7 Å². The second-order valence-electron chi connectivity index (χ2n) is 8.75. The van der Waals surface area contributed by atoms with Gasteiger partial charge in [0.05, 0.1) is 16.8 Å². The van der Waals surface area contributed by atoms with E-state index in [0.29, 0.717) is 28.7 Å². The summed E-state index contributed by atoms with van der Waals surface area (Å²) in [6.45, 7) is 7.06. The van der Waals surface area contributed by atoms with Gasteiger partial charge in [-0.1, -0.05) is 50.3 Å². The van der Waals surface area contributed by atoms with Gasteiger partial charge >= 0.3 is 0 Å². The van der Waals surface area contributed by atoms with Crippen LogP contribution in [0, 0.1) is 0 Å². The molecule has 0 bridgehead atoms. The van der Waals surface area contributed by atoms with Crippen LogP contribution >= 0.6 is 11.3 Å². The zero-order valence-electron chi connectivity index (χ0n) is 18.2. The van der Waals surface area contributed by atoms with E-state index in [2.05, 4.69) is 25.8 Å². The summed E-state index contributed by atoms with van der Waals surface area (Å²) >= 11 is 1.46. The number of carbonyl (C=O) groups is 1. The first-order valence-electron chi connectivity index (χ1n) is 10.4. The Balaban J connectivity index is 1.53. The van der Waals surface area contributed by atoms with Crippen LogP contribution in [0.2, 0.25) is 0 Å². The first-order valence-corrected chi connectivity index (χ1v) is 11.2. The third-order valence-electron chi connectivity index (χ3n) is 5.41. The SMILES string of the molecule is CC(C)(C)c1ccc(C(=O)N(Cc2cccnc2)c2nc3cc4c(cc3s2)OCO4)cc1. The molecule has 0 saturated heterocycles. The third kappa shape index (κ3) is 3.91. The summed E-state index contributed by atoms with van der Waals surface area (Å²) < 4.78 is 11.9. The van der Waals surface area contributed by atoms with Crippen molar-refractivity contribution in [2.45, 2.75) is 32.7 Å². The maximum Gasteiger partial charge on any atom is 0.260 e. The molecule has 162 valence electrons. The number of fused-ring (bicyclic) bond motifs is 2. The number of amides is 1. The van der Waals surface area contributed by atoms with Gasteiger partial charge in [0, 0.05) is 30.1 Å². The largest absolute Gasteiger partial charge is 0.454 e. The lowest BCUT2D eigenvalue weighted by atomic mass is 9.86. The number of hydrogen-bond donors (Lipinski definition) is 0. The molecule has 6 nitrogen and oxygen atoms in total.